The summed E-state index contributed by atoms with van der Waals surface area (Å²) < 4.78 is 5.94. The number of amides is 5. The van der Waals surface area contributed by atoms with Gasteiger partial charge < -0.3 is 35.8 Å². The normalized spacial score (nSPS) is 24.7. The molecule has 0 saturated carbocycles. The lowest BCUT2D eigenvalue weighted by Gasteiger charge is -2.32. The van der Waals surface area contributed by atoms with Crippen molar-refractivity contribution in [3.05, 3.63) is 29.8 Å². The van der Waals surface area contributed by atoms with E-state index in [1.807, 2.05) is 27.7 Å². The third-order valence-electron chi connectivity index (χ3n) is 8.29. The van der Waals surface area contributed by atoms with Gasteiger partial charge in [-0.05, 0) is 63.2 Å². The third-order valence-corrected chi connectivity index (χ3v) is 8.29. The maximum Gasteiger partial charge on any atom is 0.255 e. The molecule has 12 nitrogen and oxygen atoms in total. The second-order valence-electron chi connectivity index (χ2n) is 13.0. The quantitative estimate of drug-likeness (QED) is 0.359. The Morgan fingerprint density at radius 2 is 1.67 bits per heavy atom. The minimum Gasteiger partial charge on any atom is -0.491 e. The van der Waals surface area contributed by atoms with E-state index in [4.69, 9.17) is 4.74 Å². The Morgan fingerprint density at radius 1 is 0.978 bits per heavy atom. The van der Waals surface area contributed by atoms with Crippen LogP contribution in [0.4, 0.5) is 0 Å². The predicted molar refractivity (Wildman–Crippen MR) is 171 cm³/mol. The maximum atomic E-state index is 13.7. The third kappa shape index (κ3) is 10.7. The first-order valence-electron chi connectivity index (χ1n) is 16.3. The topological polar surface area (TPSA) is 149 Å². The molecule has 1 aromatic rings. The molecule has 45 heavy (non-hydrogen) atoms. The highest BCUT2D eigenvalue weighted by molar-refractivity contribution is 6.01. The number of likely N-dealkylation sites (tertiary alicyclic amines) is 1. The number of rotatable bonds is 7. The van der Waals surface area contributed by atoms with E-state index in [-0.39, 0.29) is 42.1 Å². The number of ether oxygens (including phenoxy) is 1. The molecular weight excluding hydrogens is 576 g/mol. The molecule has 2 aliphatic rings. The molecule has 5 amide bonds. The average molecular weight is 629 g/mol. The number of carbonyl (C=O) groups is 5. The second kappa shape index (κ2) is 17.1. The van der Waals surface area contributed by atoms with Crippen LogP contribution in [0.2, 0.25) is 0 Å². The van der Waals surface area contributed by atoms with Gasteiger partial charge in [-0.15, -0.1) is 0 Å². The highest BCUT2D eigenvalue weighted by Gasteiger charge is 2.35. The molecule has 1 fully saturated rings. The van der Waals surface area contributed by atoms with Crippen LogP contribution in [0.1, 0.15) is 77.1 Å². The summed E-state index contributed by atoms with van der Waals surface area (Å²) in [4.78, 5) is 71.3. The zero-order valence-electron chi connectivity index (χ0n) is 27.7. The number of hydrogen-bond acceptors (Lipinski definition) is 7. The van der Waals surface area contributed by atoms with E-state index in [1.165, 1.54) is 18.4 Å². The van der Waals surface area contributed by atoms with Crippen molar-refractivity contribution >= 4 is 29.5 Å². The van der Waals surface area contributed by atoms with Gasteiger partial charge in [0.15, 0.2) is 0 Å². The SMILES string of the molecule is CC(C)C[C@H]1C(=O)N[C@H](C(C)C)C(=O)N[C@@H](C)COc2ccccc2C(=O)N[C@H](C(=O)NCCN2CCCCC2)CC(=O)N1C. The van der Waals surface area contributed by atoms with Crippen molar-refractivity contribution in [2.45, 2.75) is 90.9 Å². The van der Waals surface area contributed by atoms with Crippen LogP contribution >= 0.6 is 0 Å². The highest BCUT2D eigenvalue weighted by Crippen LogP contribution is 2.20. The van der Waals surface area contributed by atoms with Gasteiger partial charge in [-0.1, -0.05) is 46.2 Å². The van der Waals surface area contributed by atoms with Gasteiger partial charge in [-0.3, -0.25) is 24.0 Å². The van der Waals surface area contributed by atoms with Gasteiger partial charge in [-0.2, -0.15) is 0 Å². The Kier molecular flexibility index (Phi) is 13.6. The molecular formula is C33H52N6O6. The Balaban J connectivity index is 1.92. The van der Waals surface area contributed by atoms with E-state index >= 15 is 0 Å². The molecule has 1 aromatic carbocycles. The van der Waals surface area contributed by atoms with Crippen LogP contribution in [0, 0.1) is 11.8 Å². The molecule has 0 bridgehead atoms. The van der Waals surface area contributed by atoms with Crippen molar-refractivity contribution in [2.75, 3.05) is 39.8 Å². The lowest BCUT2D eigenvalue weighted by Crippen LogP contribution is -2.57. The van der Waals surface area contributed by atoms with Crippen molar-refractivity contribution in [3.8, 4) is 5.75 Å². The van der Waals surface area contributed by atoms with Crippen molar-refractivity contribution in [3.63, 3.8) is 0 Å². The minimum atomic E-state index is -1.19. The molecule has 3 rings (SSSR count). The van der Waals surface area contributed by atoms with Crippen LogP contribution in [0.25, 0.3) is 0 Å². The second-order valence-corrected chi connectivity index (χ2v) is 13.0. The van der Waals surface area contributed by atoms with Crippen molar-refractivity contribution in [1.29, 1.82) is 0 Å². The summed E-state index contributed by atoms with van der Waals surface area (Å²) >= 11 is 0. The molecule has 12 heteroatoms. The van der Waals surface area contributed by atoms with Gasteiger partial charge in [0, 0.05) is 20.1 Å². The van der Waals surface area contributed by atoms with Gasteiger partial charge in [0.2, 0.25) is 23.6 Å². The molecule has 0 radical (unpaired) electrons. The zero-order valence-corrected chi connectivity index (χ0v) is 27.7. The Bertz CT molecular complexity index is 1180. The summed E-state index contributed by atoms with van der Waals surface area (Å²) in [6, 6.07) is 3.26. The average Bonchev–Trinajstić information content (AvgIpc) is 3.00. The Morgan fingerprint density at radius 3 is 2.33 bits per heavy atom. The van der Waals surface area contributed by atoms with Crippen molar-refractivity contribution in [1.82, 2.24) is 31.1 Å². The molecule has 0 aromatic heterocycles. The Hall–Kier alpha value is -3.67. The van der Waals surface area contributed by atoms with Crippen LogP contribution in [-0.4, -0.2) is 103 Å². The lowest BCUT2D eigenvalue weighted by atomic mass is 9.98. The summed E-state index contributed by atoms with van der Waals surface area (Å²) in [6.45, 7) is 12.4. The van der Waals surface area contributed by atoms with Crippen LogP contribution in [0.3, 0.4) is 0 Å². The van der Waals surface area contributed by atoms with Gasteiger partial charge in [0.25, 0.3) is 5.91 Å². The van der Waals surface area contributed by atoms with E-state index in [1.54, 1.807) is 31.2 Å². The van der Waals surface area contributed by atoms with Crippen LogP contribution in [0.5, 0.6) is 5.75 Å². The number of para-hydroxylation sites is 1. The number of benzene rings is 1. The molecule has 4 N–H and O–H groups in total. The first-order valence-corrected chi connectivity index (χ1v) is 16.3. The van der Waals surface area contributed by atoms with E-state index in [9.17, 15) is 24.0 Å². The first-order chi connectivity index (χ1) is 21.4. The number of piperidine rings is 1. The van der Waals surface area contributed by atoms with E-state index in [0.29, 0.717) is 19.5 Å². The summed E-state index contributed by atoms with van der Waals surface area (Å²) in [6.07, 6.45) is 3.45. The lowest BCUT2D eigenvalue weighted by molar-refractivity contribution is -0.142. The summed E-state index contributed by atoms with van der Waals surface area (Å²) in [5.41, 5.74) is 0.196. The number of nitrogens with one attached hydrogen (secondary N) is 4. The van der Waals surface area contributed by atoms with Crippen molar-refractivity contribution < 1.29 is 28.7 Å². The number of fused-ring (bicyclic) bond motifs is 1. The fraction of sp³-hybridized carbons (Fsp3) is 0.667. The maximum absolute atomic E-state index is 13.7. The number of hydrogen-bond donors (Lipinski definition) is 4. The fourth-order valence-corrected chi connectivity index (χ4v) is 5.62. The highest BCUT2D eigenvalue weighted by atomic mass is 16.5. The standard InChI is InChI=1S/C33H52N6O6/c1-21(2)18-26-32(43)37-29(22(3)4)33(44)35-23(5)20-45-27-13-9-8-12-24(27)30(41)36-25(19-28(40)38(26)6)31(42)34-14-17-39-15-10-7-11-16-39/h8-9,12-13,21-23,25-26,29H,7,10-11,14-20H2,1-6H3,(H,34,42)(H,35,44)(H,36,41)(H,37,43)/t23-,25-,26-,29+/m0/s1. The van der Waals surface area contributed by atoms with E-state index in [2.05, 4.69) is 26.2 Å². The fourth-order valence-electron chi connectivity index (χ4n) is 5.62. The van der Waals surface area contributed by atoms with Crippen LogP contribution < -0.4 is 26.0 Å². The van der Waals surface area contributed by atoms with Gasteiger partial charge >= 0.3 is 0 Å². The first kappa shape index (κ1) is 35.8. The number of carbonyl (C=O) groups excluding carboxylic acids is 5. The van der Waals surface area contributed by atoms with Gasteiger partial charge in [0.05, 0.1) is 18.0 Å². The number of likely N-dealkylation sites (N-methyl/N-ethyl adjacent to an activating group) is 1. The molecule has 250 valence electrons. The molecule has 0 unspecified atom stereocenters. The predicted octanol–water partition coefficient (Wildman–Crippen LogP) is 1.69. The van der Waals surface area contributed by atoms with Crippen LogP contribution in [0.15, 0.2) is 24.3 Å². The minimum absolute atomic E-state index is 0.0543. The van der Waals surface area contributed by atoms with E-state index in [0.717, 1.165) is 25.9 Å². The summed E-state index contributed by atoms with van der Waals surface area (Å²) in [5, 5.41) is 11.4. The molecule has 2 heterocycles. The molecule has 0 aliphatic carbocycles. The summed E-state index contributed by atoms with van der Waals surface area (Å²) in [5.74, 6) is -2.27. The monoisotopic (exact) mass is 628 g/mol. The zero-order chi connectivity index (χ0) is 33.1. The molecule has 0 spiro atoms. The smallest absolute Gasteiger partial charge is 0.255 e. The van der Waals surface area contributed by atoms with Gasteiger partial charge in [-0.25, -0.2) is 0 Å². The molecule has 2 aliphatic heterocycles. The van der Waals surface area contributed by atoms with Gasteiger partial charge in [0.1, 0.15) is 30.5 Å². The largest absolute Gasteiger partial charge is 0.491 e. The summed E-state index contributed by atoms with van der Waals surface area (Å²) in [7, 11) is 1.52. The molecule has 4 atom stereocenters. The van der Waals surface area contributed by atoms with Crippen LogP contribution in [-0.2, 0) is 19.2 Å². The van der Waals surface area contributed by atoms with E-state index < -0.39 is 47.8 Å². The van der Waals surface area contributed by atoms with Crippen molar-refractivity contribution in [2.24, 2.45) is 11.8 Å². The molecule has 1 saturated heterocycles. The Labute approximate surface area is 267 Å². The number of nitrogens with zero attached hydrogens (tertiary/aromatic N) is 2.